The molecule has 0 unspecified atom stereocenters. The molecule has 0 aliphatic heterocycles. The molecule has 0 aliphatic carbocycles. The summed E-state index contributed by atoms with van der Waals surface area (Å²) in [7, 11) is 0. The molecule has 1 heterocycles. The first-order valence-electron chi connectivity index (χ1n) is 5.94. The molecule has 0 N–H and O–H groups in total. The lowest BCUT2D eigenvalue weighted by atomic mass is 10.3. The Morgan fingerprint density at radius 1 is 1.52 bits per heavy atom. The number of carbonyl (C=O) groups excluding carboxylic acids is 2. The van der Waals surface area contributed by atoms with E-state index in [1.54, 1.807) is 10.6 Å². The molecule has 1 aromatic heterocycles. The summed E-state index contributed by atoms with van der Waals surface area (Å²) in [6.07, 6.45) is 5.37. The van der Waals surface area contributed by atoms with Gasteiger partial charge in [-0.25, -0.2) is 0 Å². The maximum Gasteiger partial charge on any atom is 0.258 e. The Labute approximate surface area is 134 Å². The molecule has 21 heavy (non-hydrogen) atoms. The molecule has 0 aliphatic rings. The molecule has 0 saturated heterocycles. The monoisotopic (exact) mass is 338 g/mol. The SMILES string of the molecule is C#CCn1c(=NC(=O)CSC(C)=O)sc2cc(Cl)ccc21. The first-order valence-corrected chi connectivity index (χ1v) is 8.12. The van der Waals surface area contributed by atoms with Crippen LogP contribution in [0.4, 0.5) is 0 Å². The molecule has 1 amide bonds. The van der Waals surface area contributed by atoms with Crippen molar-refractivity contribution in [2.24, 2.45) is 4.99 Å². The van der Waals surface area contributed by atoms with Gasteiger partial charge in [-0.05, 0) is 18.2 Å². The smallest absolute Gasteiger partial charge is 0.258 e. The van der Waals surface area contributed by atoms with Crippen LogP contribution in [0.2, 0.25) is 5.02 Å². The number of amides is 1. The van der Waals surface area contributed by atoms with Crippen molar-refractivity contribution in [1.29, 1.82) is 0 Å². The predicted molar refractivity (Wildman–Crippen MR) is 87.4 cm³/mol. The average molecular weight is 339 g/mol. The van der Waals surface area contributed by atoms with Gasteiger partial charge in [-0.2, -0.15) is 4.99 Å². The minimum absolute atomic E-state index is 0.0282. The van der Waals surface area contributed by atoms with E-state index in [1.807, 2.05) is 12.1 Å². The molecule has 0 radical (unpaired) electrons. The zero-order valence-electron chi connectivity index (χ0n) is 11.1. The molecule has 0 atom stereocenters. The van der Waals surface area contributed by atoms with E-state index in [4.69, 9.17) is 18.0 Å². The summed E-state index contributed by atoms with van der Waals surface area (Å²) in [5, 5.41) is 0.500. The van der Waals surface area contributed by atoms with Crippen LogP contribution in [0.1, 0.15) is 6.92 Å². The summed E-state index contributed by atoms with van der Waals surface area (Å²) in [4.78, 5) is 27.2. The molecule has 7 heteroatoms. The Kier molecular flexibility index (Phi) is 5.23. The first kappa shape index (κ1) is 15.8. The summed E-state index contributed by atoms with van der Waals surface area (Å²) < 4.78 is 2.69. The lowest BCUT2D eigenvalue weighted by Crippen LogP contribution is -2.17. The summed E-state index contributed by atoms with van der Waals surface area (Å²) in [6.45, 7) is 1.73. The first-order chi connectivity index (χ1) is 10.0. The molecule has 0 fully saturated rings. The number of rotatable bonds is 3. The van der Waals surface area contributed by atoms with E-state index in [0.717, 1.165) is 22.0 Å². The van der Waals surface area contributed by atoms with Gasteiger partial charge in [0.05, 0.1) is 22.5 Å². The van der Waals surface area contributed by atoms with Gasteiger partial charge in [0.15, 0.2) is 9.92 Å². The molecule has 108 valence electrons. The van der Waals surface area contributed by atoms with Crippen LogP contribution in [0.5, 0.6) is 0 Å². The van der Waals surface area contributed by atoms with Crippen LogP contribution in [0, 0.1) is 12.3 Å². The van der Waals surface area contributed by atoms with Gasteiger partial charge in [0.2, 0.25) is 0 Å². The van der Waals surface area contributed by atoms with Crippen LogP contribution >= 0.6 is 34.7 Å². The molecular weight excluding hydrogens is 328 g/mol. The summed E-state index contributed by atoms with van der Waals surface area (Å²) >= 11 is 8.25. The fourth-order valence-corrected chi connectivity index (χ4v) is 3.39. The van der Waals surface area contributed by atoms with Crippen LogP contribution in [-0.2, 0) is 16.1 Å². The van der Waals surface area contributed by atoms with Gasteiger partial charge < -0.3 is 4.57 Å². The highest BCUT2D eigenvalue weighted by Gasteiger charge is 2.08. The maximum atomic E-state index is 11.8. The Hall–Kier alpha value is -1.55. The van der Waals surface area contributed by atoms with Crippen molar-refractivity contribution in [3.63, 3.8) is 0 Å². The fraction of sp³-hybridized carbons (Fsp3) is 0.214. The van der Waals surface area contributed by atoms with Crippen molar-refractivity contribution in [3.8, 4) is 12.3 Å². The van der Waals surface area contributed by atoms with Crippen molar-refractivity contribution in [1.82, 2.24) is 4.57 Å². The third-order valence-corrected chi connectivity index (χ3v) is 4.59. The van der Waals surface area contributed by atoms with E-state index in [9.17, 15) is 9.59 Å². The van der Waals surface area contributed by atoms with E-state index in [0.29, 0.717) is 16.4 Å². The number of nitrogens with zero attached hydrogens (tertiary/aromatic N) is 2. The Morgan fingerprint density at radius 3 is 2.95 bits per heavy atom. The average Bonchev–Trinajstić information content (AvgIpc) is 2.74. The third kappa shape index (κ3) is 3.97. The lowest BCUT2D eigenvalue weighted by molar-refractivity contribution is -0.116. The van der Waals surface area contributed by atoms with Crippen molar-refractivity contribution in [3.05, 3.63) is 28.0 Å². The highest BCUT2D eigenvalue weighted by molar-refractivity contribution is 8.14. The molecule has 4 nitrogen and oxygen atoms in total. The van der Waals surface area contributed by atoms with Gasteiger partial charge >= 0.3 is 0 Å². The van der Waals surface area contributed by atoms with Crippen molar-refractivity contribution >= 4 is 55.9 Å². The van der Waals surface area contributed by atoms with Crippen LogP contribution in [0.3, 0.4) is 0 Å². The van der Waals surface area contributed by atoms with E-state index < -0.39 is 0 Å². The molecule has 0 bridgehead atoms. The van der Waals surface area contributed by atoms with Gasteiger partial charge in [-0.15, -0.1) is 6.42 Å². The van der Waals surface area contributed by atoms with Crippen LogP contribution < -0.4 is 4.80 Å². The molecule has 2 aromatic rings. The maximum absolute atomic E-state index is 11.8. The van der Waals surface area contributed by atoms with Crippen LogP contribution in [0.15, 0.2) is 23.2 Å². The van der Waals surface area contributed by atoms with Gasteiger partial charge in [0.25, 0.3) is 5.91 Å². The summed E-state index contributed by atoms with van der Waals surface area (Å²) in [5.74, 6) is 2.21. The van der Waals surface area contributed by atoms with Crippen LogP contribution in [-0.4, -0.2) is 21.3 Å². The normalized spacial score (nSPS) is 11.6. The number of fused-ring (bicyclic) bond motifs is 1. The summed E-state index contributed by atoms with van der Waals surface area (Å²) in [6, 6.07) is 5.42. The largest absolute Gasteiger partial charge is 0.305 e. The van der Waals surface area contributed by atoms with E-state index in [2.05, 4.69) is 10.9 Å². The Balaban J connectivity index is 2.47. The zero-order valence-corrected chi connectivity index (χ0v) is 13.5. The zero-order chi connectivity index (χ0) is 15.4. The second-order valence-corrected chi connectivity index (χ2v) is 6.67. The molecule has 0 saturated carbocycles. The number of terminal acetylenes is 1. The number of hydrogen-bond donors (Lipinski definition) is 0. The minimum Gasteiger partial charge on any atom is -0.305 e. The number of benzene rings is 1. The Morgan fingerprint density at radius 2 is 2.29 bits per heavy atom. The quantitative estimate of drug-likeness (QED) is 0.808. The van der Waals surface area contributed by atoms with Gasteiger partial charge in [-0.1, -0.05) is 40.6 Å². The lowest BCUT2D eigenvalue weighted by Gasteiger charge is -1.99. The Bertz CT molecular complexity index is 814. The highest BCUT2D eigenvalue weighted by atomic mass is 35.5. The second-order valence-electron chi connectivity index (χ2n) is 4.07. The molecule has 2 rings (SSSR count). The second kappa shape index (κ2) is 6.94. The number of hydrogen-bond acceptors (Lipinski definition) is 4. The fourth-order valence-electron chi connectivity index (χ4n) is 1.68. The van der Waals surface area contributed by atoms with Crippen LogP contribution in [0.25, 0.3) is 10.2 Å². The number of aromatic nitrogens is 1. The number of carbonyl (C=O) groups is 2. The number of thioether (sulfide) groups is 1. The number of halogens is 1. The predicted octanol–water partition coefficient (Wildman–Crippen LogP) is 2.70. The number of thiazole rings is 1. The van der Waals surface area contributed by atoms with E-state index in [1.165, 1.54) is 18.3 Å². The summed E-state index contributed by atoms with van der Waals surface area (Å²) in [5.41, 5.74) is 0.883. The highest BCUT2D eigenvalue weighted by Crippen LogP contribution is 2.21. The van der Waals surface area contributed by atoms with E-state index >= 15 is 0 Å². The van der Waals surface area contributed by atoms with Gasteiger partial charge in [0.1, 0.15) is 0 Å². The minimum atomic E-state index is -0.362. The third-order valence-electron chi connectivity index (χ3n) is 2.51. The van der Waals surface area contributed by atoms with Crippen molar-refractivity contribution in [2.75, 3.05) is 5.75 Å². The standard InChI is InChI=1S/C14H11ClN2O2S2/c1-3-6-17-11-5-4-10(15)7-12(11)21-14(17)16-13(19)8-20-9(2)18/h1,4-5,7H,6,8H2,2H3. The van der Waals surface area contributed by atoms with Crippen molar-refractivity contribution < 1.29 is 9.59 Å². The molecule has 1 aromatic carbocycles. The van der Waals surface area contributed by atoms with Crippen molar-refractivity contribution in [2.45, 2.75) is 13.5 Å². The molecular formula is C14H11ClN2O2S2. The van der Waals surface area contributed by atoms with Gasteiger partial charge in [-0.3, -0.25) is 9.59 Å². The van der Waals surface area contributed by atoms with E-state index in [-0.39, 0.29) is 16.8 Å². The molecule has 0 spiro atoms. The van der Waals surface area contributed by atoms with Gasteiger partial charge in [0, 0.05) is 11.9 Å². The topological polar surface area (TPSA) is 51.4 Å².